The van der Waals surface area contributed by atoms with Crippen LogP contribution in [0.3, 0.4) is 0 Å². The van der Waals surface area contributed by atoms with Crippen LogP contribution in [0.5, 0.6) is 0 Å². The summed E-state index contributed by atoms with van der Waals surface area (Å²) >= 11 is 0. The van der Waals surface area contributed by atoms with Crippen LogP contribution in [0.4, 0.5) is 0 Å². The molecule has 29 heteroatoms. The number of benzene rings is 8. The summed E-state index contributed by atoms with van der Waals surface area (Å²) < 4.78 is 6.19. The maximum atomic E-state index is 7.51. The van der Waals surface area contributed by atoms with E-state index in [0.29, 0.717) is 0 Å². The SMILES string of the molecule is [B]c1c([B])c([B])c(-c2c([B])c([B])c(-c3c4c([B])c([B])c([B])c([B])c4c(-c4c([B])c([B])c5oc6c([B])c([B])c([B])c([B])c6c5c4[B])c4c([B])c([B])c([B])c([B])c34)c([B])c2-c2c([B])c([B])c([B])c([B])c2[B])c([B])c1[B]. The van der Waals surface area contributed by atoms with Crippen molar-refractivity contribution in [3.05, 3.63) is 0 Å². The van der Waals surface area contributed by atoms with Crippen LogP contribution >= 0.6 is 0 Å². The third-order valence-electron chi connectivity index (χ3n) is 14.0. The second-order valence-electron chi connectivity index (χ2n) is 17.6. The van der Waals surface area contributed by atoms with Crippen LogP contribution in [0.25, 0.3) is 88.0 Å². The molecular formula is C44B28O. The highest BCUT2D eigenvalue weighted by atomic mass is 16.3. The topological polar surface area (TPSA) is 13.1 Å². The van der Waals surface area contributed by atoms with Gasteiger partial charge in [0.1, 0.15) is 231 Å². The average molecular weight is 847 g/mol. The molecule has 1 heterocycles. The molecule has 9 aromatic rings. The van der Waals surface area contributed by atoms with E-state index in [2.05, 4.69) is 0 Å². The Labute approximate surface area is 461 Å². The zero-order chi connectivity index (χ0) is 54.1. The van der Waals surface area contributed by atoms with E-state index < -0.39 is 0 Å². The maximum Gasteiger partial charge on any atom is 0.127 e. The number of furan rings is 1. The lowest BCUT2D eigenvalue weighted by Gasteiger charge is -2.34. The van der Waals surface area contributed by atoms with Gasteiger partial charge in [0.05, 0.1) is 0 Å². The Morgan fingerprint density at radius 3 is 0.644 bits per heavy atom. The highest BCUT2D eigenvalue weighted by Crippen LogP contribution is 2.41. The molecule has 8 aromatic carbocycles. The summed E-state index contributed by atoms with van der Waals surface area (Å²) in [4.78, 5) is 0. The lowest BCUT2D eigenvalue weighted by atomic mass is 9.54. The minimum atomic E-state index is -0.326. The van der Waals surface area contributed by atoms with Crippen molar-refractivity contribution in [2.75, 3.05) is 0 Å². The van der Waals surface area contributed by atoms with Gasteiger partial charge in [0.15, 0.2) is 0 Å². The van der Waals surface area contributed by atoms with Gasteiger partial charge in [0.25, 0.3) is 0 Å². The van der Waals surface area contributed by atoms with E-state index in [-0.39, 0.29) is 241 Å². The number of fused-ring (bicyclic) bond motifs is 5. The van der Waals surface area contributed by atoms with Crippen LogP contribution in [0.15, 0.2) is 4.42 Å². The highest BCUT2D eigenvalue weighted by Gasteiger charge is 2.32. The molecule has 0 unspecified atom stereocenters. The summed E-state index contributed by atoms with van der Waals surface area (Å²) in [6, 6.07) is 0. The first kappa shape index (κ1) is 53.7. The Balaban J connectivity index is 1.64. The van der Waals surface area contributed by atoms with E-state index in [1.165, 1.54) is 0 Å². The fourth-order valence-corrected chi connectivity index (χ4v) is 9.95. The van der Waals surface area contributed by atoms with Gasteiger partial charge in [-0.3, -0.25) is 0 Å². The zero-order valence-electron chi connectivity index (χ0n) is 38.6. The third kappa shape index (κ3) is 7.09. The van der Waals surface area contributed by atoms with Gasteiger partial charge in [0, 0.05) is 10.8 Å². The highest BCUT2D eigenvalue weighted by molar-refractivity contribution is 6.77. The lowest BCUT2D eigenvalue weighted by molar-refractivity contribution is 0.675. The van der Waals surface area contributed by atoms with Crippen LogP contribution in [-0.2, 0) is 0 Å². The largest absolute Gasteiger partial charge is 0.457 e. The smallest absolute Gasteiger partial charge is 0.127 e. The Hall–Kier alpha value is -4.10. The predicted octanol–water partition coefficient (Wildman–Crippen LogP) is -21.2. The van der Waals surface area contributed by atoms with Crippen molar-refractivity contribution in [2.24, 2.45) is 0 Å². The fraction of sp³-hybridized carbons (Fsp3) is 0. The summed E-state index contributed by atoms with van der Waals surface area (Å²) in [6.07, 6.45) is 0. The van der Waals surface area contributed by atoms with E-state index in [9.17, 15) is 0 Å². The number of rotatable bonds is 4. The maximum absolute atomic E-state index is 7.51. The molecule has 0 atom stereocenters. The van der Waals surface area contributed by atoms with Gasteiger partial charge in [-0.1, -0.05) is 87.4 Å². The molecule has 0 aliphatic carbocycles. The van der Waals surface area contributed by atoms with E-state index >= 15 is 0 Å². The van der Waals surface area contributed by atoms with Gasteiger partial charge in [-0.25, -0.2) is 0 Å². The molecule has 0 bridgehead atoms. The van der Waals surface area contributed by atoms with Crippen molar-refractivity contribution >= 4 is 416 Å². The van der Waals surface area contributed by atoms with Gasteiger partial charge >= 0.3 is 0 Å². The monoisotopic (exact) mass is 852 g/mol. The second kappa shape index (κ2) is 18.3. The zero-order valence-corrected chi connectivity index (χ0v) is 38.6. The minimum absolute atomic E-state index is 0.0118. The quantitative estimate of drug-likeness (QED) is 0.127. The summed E-state index contributed by atoms with van der Waals surface area (Å²) in [7, 11) is 189. The summed E-state index contributed by atoms with van der Waals surface area (Å²) in [5.41, 5.74) is -6.68. The number of hydrogen-bond acceptors (Lipinski definition) is 1. The van der Waals surface area contributed by atoms with Gasteiger partial charge in [-0.15, -0.1) is 65.6 Å². The number of hydrogen-bond donors (Lipinski definition) is 0. The Morgan fingerprint density at radius 1 is 0.123 bits per heavy atom. The molecule has 266 valence electrons. The van der Waals surface area contributed by atoms with Crippen LogP contribution in [-0.4, -0.2) is 220 Å². The van der Waals surface area contributed by atoms with Crippen molar-refractivity contribution in [3.8, 4) is 44.5 Å². The second-order valence-corrected chi connectivity index (χ2v) is 17.6. The fourth-order valence-electron chi connectivity index (χ4n) is 9.95. The van der Waals surface area contributed by atoms with Gasteiger partial charge < -0.3 is 4.42 Å². The van der Waals surface area contributed by atoms with E-state index in [1.54, 1.807) is 0 Å². The normalized spacial score (nSPS) is 11.7. The molecule has 73 heavy (non-hydrogen) atoms. The Bertz CT molecular complexity index is 3980. The summed E-state index contributed by atoms with van der Waals surface area (Å²) in [6.45, 7) is 0. The molecule has 56 radical (unpaired) electrons. The van der Waals surface area contributed by atoms with Crippen molar-refractivity contribution in [1.82, 2.24) is 0 Å². The van der Waals surface area contributed by atoms with Crippen molar-refractivity contribution < 1.29 is 4.42 Å². The van der Waals surface area contributed by atoms with E-state index in [1.807, 2.05) is 0 Å². The van der Waals surface area contributed by atoms with Crippen LogP contribution in [0.2, 0.25) is 0 Å². The molecule has 1 aromatic heterocycles. The molecule has 0 aliphatic heterocycles. The average Bonchev–Trinajstić information content (AvgIpc) is 3.77. The lowest BCUT2D eigenvalue weighted by Crippen LogP contribution is -2.57. The molecule has 0 spiro atoms. The molecule has 0 saturated carbocycles. The minimum Gasteiger partial charge on any atom is -0.457 e. The molecular weight excluding hydrogens is 847 g/mol. The first-order chi connectivity index (χ1) is 34.0. The molecule has 0 aliphatic rings. The van der Waals surface area contributed by atoms with E-state index in [0.717, 1.165) is 0 Å². The predicted molar refractivity (Wildman–Crippen MR) is 341 cm³/mol. The van der Waals surface area contributed by atoms with Crippen LogP contribution in [0.1, 0.15) is 0 Å². The molecule has 1 nitrogen and oxygen atoms in total. The molecule has 0 fully saturated rings. The molecule has 9 rings (SSSR count). The Kier molecular flexibility index (Phi) is 13.5. The van der Waals surface area contributed by atoms with E-state index in [4.69, 9.17) is 224 Å². The third-order valence-corrected chi connectivity index (χ3v) is 14.0. The van der Waals surface area contributed by atoms with Crippen LogP contribution in [0, 0.1) is 0 Å². The summed E-state index contributed by atoms with van der Waals surface area (Å²) in [5.74, 6) is 0. The summed E-state index contributed by atoms with van der Waals surface area (Å²) in [5, 5.41) is -0.0574. The standard InChI is InChI=1S/C44B28O/c45-15-7(11-23(53)33(63)38(68)34(64)24(11)54)8(12-25(55)35(65)39(69)36(66)26(12)56)17(47)22(52)9(15)1-3-5(20(50)31(61)29(59)18(3)48)2(6-4(1)19(49)30(60)32(62)21(6)51)10-16(46)13-14-28(58)37(67)40(70)42(72)44(14)73-43(13)41(71)27(10)57. The van der Waals surface area contributed by atoms with Gasteiger partial charge in [-0.05, 0) is 66.1 Å². The van der Waals surface area contributed by atoms with Gasteiger partial charge in [0.2, 0.25) is 0 Å². The molecule has 0 amide bonds. The first-order valence-electron chi connectivity index (χ1n) is 21.2. The Morgan fingerprint density at radius 2 is 0.301 bits per heavy atom. The van der Waals surface area contributed by atoms with Crippen molar-refractivity contribution in [2.45, 2.75) is 0 Å². The van der Waals surface area contributed by atoms with Crippen molar-refractivity contribution in [3.63, 3.8) is 0 Å². The molecule has 0 saturated heterocycles. The van der Waals surface area contributed by atoms with Crippen LogP contribution < -0.4 is 153 Å². The molecule has 0 N–H and O–H groups in total. The van der Waals surface area contributed by atoms with Crippen molar-refractivity contribution in [1.29, 1.82) is 0 Å². The first-order valence-corrected chi connectivity index (χ1v) is 21.2. The van der Waals surface area contributed by atoms with Gasteiger partial charge in [-0.2, -0.15) is 0 Å².